The van der Waals surface area contributed by atoms with Crippen molar-refractivity contribution in [2.75, 3.05) is 7.11 Å². The highest BCUT2D eigenvalue weighted by atomic mass is 79.9. The van der Waals surface area contributed by atoms with Crippen LogP contribution in [0.15, 0.2) is 97.7 Å². The molecule has 43 heavy (non-hydrogen) atoms. The van der Waals surface area contributed by atoms with E-state index >= 15 is 0 Å². The highest BCUT2D eigenvalue weighted by Crippen LogP contribution is 2.43. The maximum atomic E-state index is 13.5. The minimum atomic E-state index is -4.59. The number of hydrogen-bond donors (Lipinski definition) is 0. The van der Waals surface area contributed by atoms with Gasteiger partial charge in [0.15, 0.2) is 17.3 Å². The molecule has 0 saturated heterocycles. The molecule has 4 aromatic carbocycles. The molecule has 12 heteroatoms. The summed E-state index contributed by atoms with van der Waals surface area (Å²) in [4.78, 5) is 18.0. The molecule has 0 aliphatic heterocycles. The number of para-hydroxylation sites is 1. The lowest BCUT2D eigenvalue weighted by atomic mass is 10.1. The molecule has 5 aromatic rings. The van der Waals surface area contributed by atoms with Gasteiger partial charge in [-0.25, -0.2) is 4.98 Å². The van der Waals surface area contributed by atoms with Gasteiger partial charge in [-0.2, -0.15) is 28.2 Å². The molecule has 0 radical (unpaired) electrons. The average Bonchev–Trinajstić information content (AvgIpc) is 3.01. The zero-order chi connectivity index (χ0) is 30.7. The summed E-state index contributed by atoms with van der Waals surface area (Å²) in [5, 5.41) is 14.0. The number of benzene rings is 4. The molecule has 0 fully saturated rings. The van der Waals surface area contributed by atoms with Crippen molar-refractivity contribution in [1.29, 1.82) is 5.26 Å². The number of nitrogens with zero attached hydrogens (tertiary/aromatic N) is 4. The number of methoxy groups -OCH3 is 1. The molecule has 0 bridgehead atoms. The van der Waals surface area contributed by atoms with Crippen molar-refractivity contribution >= 4 is 49.0 Å². The second-order valence-corrected chi connectivity index (χ2v) is 10.7. The van der Waals surface area contributed by atoms with Gasteiger partial charge in [-0.3, -0.25) is 4.79 Å². The Balaban J connectivity index is 1.59. The fourth-order valence-corrected chi connectivity index (χ4v) is 5.20. The van der Waals surface area contributed by atoms with Crippen molar-refractivity contribution in [2.45, 2.75) is 12.8 Å². The first-order chi connectivity index (χ1) is 20.6. The standard InChI is InChI=1S/C31H19Br2F3N4O3/c1-42-25-14-21(26(32)27(33)28(25)43-17-20-8-3-2-7-19(20)15-37)16-38-40-29(18-9-6-10-22(13-18)31(34,35)36)39-24-12-5-4-11-23(24)30(40)41/h2-14,16H,17H2,1H3. The second kappa shape index (κ2) is 12.4. The van der Waals surface area contributed by atoms with Gasteiger partial charge in [0, 0.05) is 21.2 Å². The summed E-state index contributed by atoms with van der Waals surface area (Å²) in [5.41, 5.74) is 0.561. The molecule has 0 spiro atoms. The first kappa shape index (κ1) is 30.0. The molecule has 0 atom stereocenters. The molecule has 0 amide bonds. The summed E-state index contributed by atoms with van der Waals surface area (Å²) in [6.07, 6.45) is -3.23. The summed E-state index contributed by atoms with van der Waals surface area (Å²) in [6, 6.07) is 21.9. The molecule has 5 rings (SSSR count). The van der Waals surface area contributed by atoms with Crippen LogP contribution in [-0.4, -0.2) is 23.0 Å². The number of halogens is 5. The van der Waals surface area contributed by atoms with Gasteiger partial charge in [-0.1, -0.05) is 42.5 Å². The molecule has 0 aliphatic rings. The van der Waals surface area contributed by atoms with Crippen molar-refractivity contribution in [3.05, 3.63) is 120 Å². The van der Waals surface area contributed by atoms with E-state index in [2.05, 4.69) is 48.0 Å². The summed E-state index contributed by atoms with van der Waals surface area (Å²) in [7, 11) is 1.45. The molecular weight excluding hydrogens is 693 g/mol. The van der Waals surface area contributed by atoms with E-state index in [0.29, 0.717) is 42.7 Å². The SMILES string of the molecule is COc1cc(C=Nn2c(-c3cccc(C(F)(F)F)c3)nc3ccccc3c2=O)c(Br)c(Br)c1OCc1ccccc1C#N. The second-order valence-electron chi connectivity index (χ2n) is 9.08. The molecule has 0 saturated carbocycles. The third-order valence-corrected chi connectivity index (χ3v) is 8.54. The van der Waals surface area contributed by atoms with E-state index < -0.39 is 17.3 Å². The smallest absolute Gasteiger partial charge is 0.416 e. The molecule has 1 aromatic heterocycles. The first-order valence-corrected chi connectivity index (χ1v) is 14.1. The molecular formula is C31H19Br2F3N4O3. The van der Waals surface area contributed by atoms with Crippen LogP contribution in [0.3, 0.4) is 0 Å². The summed E-state index contributed by atoms with van der Waals surface area (Å²) in [6.45, 7) is 0.0943. The van der Waals surface area contributed by atoms with Crippen LogP contribution in [0.25, 0.3) is 22.3 Å². The van der Waals surface area contributed by atoms with Crippen LogP contribution < -0.4 is 15.0 Å². The van der Waals surface area contributed by atoms with Gasteiger partial charge in [0.25, 0.3) is 5.56 Å². The first-order valence-electron chi connectivity index (χ1n) is 12.5. The Morgan fingerprint density at radius 1 is 1.02 bits per heavy atom. The number of nitriles is 1. The molecule has 1 heterocycles. The van der Waals surface area contributed by atoms with Gasteiger partial charge in [0.05, 0.1) is 45.9 Å². The van der Waals surface area contributed by atoms with Crippen LogP contribution in [0.1, 0.15) is 22.3 Å². The lowest BCUT2D eigenvalue weighted by Gasteiger charge is -2.16. The topological polar surface area (TPSA) is 89.5 Å². The Kier molecular flexibility index (Phi) is 8.66. The van der Waals surface area contributed by atoms with E-state index in [1.165, 1.54) is 25.5 Å². The van der Waals surface area contributed by atoms with Gasteiger partial charge >= 0.3 is 6.18 Å². The van der Waals surface area contributed by atoms with Gasteiger partial charge < -0.3 is 9.47 Å². The van der Waals surface area contributed by atoms with Gasteiger partial charge in [-0.15, -0.1) is 0 Å². The van der Waals surface area contributed by atoms with E-state index in [1.807, 2.05) is 0 Å². The van der Waals surface area contributed by atoms with Gasteiger partial charge in [-0.05, 0) is 68.3 Å². The van der Waals surface area contributed by atoms with E-state index in [0.717, 1.165) is 16.8 Å². The maximum Gasteiger partial charge on any atom is 0.416 e. The number of aromatic nitrogens is 2. The van der Waals surface area contributed by atoms with Crippen LogP contribution in [0.5, 0.6) is 11.5 Å². The summed E-state index contributed by atoms with van der Waals surface area (Å²) >= 11 is 7.04. The quantitative estimate of drug-likeness (QED) is 0.160. The zero-order valence-corrected chi connectivity index (χ0v) is 25.4. The molecule has 216 valence electrons. The monoisotopic (exact) mass is 710 g/mol. The molecule has 0 unspecified atom stereocenters. The van der Waals surface area contributed by atoms with E-state index in [1.54, 1.807) is 54.6 Å². The van der Waals surface area contributed by atoms with Crippen molar-refractivity contribution in [2.24, 2.45) is 5.10 Å². The van der Waals surface area contributed by atoms with E-state index in [-0.39, 0.29) is 23.4 Å². The number of alkyl halides is 3. The lowest BCUT2D eigenvalue weighted by Crippen LogP contribution is -2.20. The lowest BCUT2D eigenvalue weighted by molar-refractivity contribution is -0.137. The van der Waals surface area contributed by atoms with Crippen LogP contribution >= 0.6 is 31.9 Å². The fourth-order valence-electron chi connectivity index (χ4n) is 4.26. The predicted octanol–water partition coefficient (Wildman–Crippen LogP) is 7.95. The minimum absolute atomic E-state index is 0.0639. The van der Waals surface area contributed by atoms with Crippen LogP contribution in [-0.2, 0) is 12.8 Å². The largest absolute Gasteiger partial charge is 0.493 e. The van der Waals surface area contributed by atoms with Crippen LogP contribution in [0, 0.1) is 11.3 Å². The molecule has 7 nitrogen and oxygen atoms in total. The average molecular weight is 712 g/mol. The third-order valence-electron chi connectivity index (χ3n) is 6.40. The Hall–Kier alpha value is -4.47. The van der Waals surface area contributed by atoms with Crippen molar-refractivity contribution < 1.29 is 22.6 Å². The number of hydrogen-bond acceptors (Lipinski definition) is 6. The van der Waals surface area contributed by atoms with Crippen LogP contribution in [0.2, 0.25) is 0 Å². The number of rotatable bonds is 7. The van der Waals surface area contributed by atoms with Gasteiger partial charge in [0.1, 0.15) is 6.61 Å². The predicted molar refractivity (Wildman–Crippen MR) is 163 cm³/mol. The van der Waals surface area contributed by atoms with Crippen molar-refractivity contribution in [3.8, 4) is 29.0 Å². The van der Waals surface area contributed by atoms with E-state index in [9.17, 15) is 23.2 Å². The highest BCUT2D eigenvalue weighted by Gasteiger charge is 2.31. The van der Waals surface area contributed by atoms with E-state index in [4.69, 9.17) is 9.47 Å². The zero-order valence-electron chi connectivity index (χ0n) is 22.2. The minimum Gasteiger partial charge on any atom is -0.493 e. The highest BCUT2D eigenvalue weighted by molar-refractivity contribution is 9.13. The molecule has 0 N–H and O–H groups in total. The fraction of sp³-hybridized carbons (Fsp3) is 0.0968. The molecule has 0 aliphatic carbocycles. The Bertz CT molecular complexity index is 1990. The Morgan fingerprint density at radius 2 is 1.77 bits per heavy atom. The Morgan fingerprint density at radius 3 is 2.51 bits per heavy atom. The van der Waals surface area contributed by atoms with Crippen molar-refractivity contribution in [3.63, 3.8) is 0 Å². The normalized spacial score (nSPS) is 11.6. The van der Waals surface area contributed by atoms with Crippen LogP contribution in [0.4, 0.5) is 13.2 Å². The number of ether oxygens (including phenoxy) is 2. The maximum absolute atomic E-state index is 13.5. The third kappa shape index (κ3) is 6.18. The number of fused-ring (bicyclic) bond motifs is 1. The summed E-state index contributed by atoms with van der Waals surface area (Å²) in [5.74, 6) is 0.617. The van der Waals surface area contributed by atoms with Crippen molar-refractivity contribution in [1.82, 2.24) is 9.66 Å². The Labute approximate surface area is 260 Å². The van der Waals surface area contributed by atoms with Gasteiger partial charge in [0.2, 0.25) is 0 Å². The summed E-state index contributed by atoms with van der Waals surface area (Å²) < 4.78 is 54.0.